The number of Topliss-reactive ketones (excluding diaryl/α,β-unsaturated/α-hetero) is 1. The third-order valence-electron chi connectivity index (χ3n) is 4.36. The highest BCUT2D eigenvalue weighted by atomic mass is 35.5. The first kappa shape index (κ1) is 17.4. The summed E-state index contributed by atoms with van der Waals surface area (Å²) in [6, 6.07) is 11.2. The third kappa shape index (κ3) is 4.57. The smallest absolute Gasteiger partial charge is 0.223 e. The zero-order valence-electron chi connectivity index (χ0n) is 13.9. The number of hydrogen-bond donors (Lipinski definition) is 0. The quantitative estimate of drug-likeness (QED) is 0.772. The van der Waals surface area contributed by atoms with Crippen molar-refractivity contribution in [3.63, 3.8) is 0 Å². The minimum Gasteiger partial charge on any atom is -0.368 e. The average Bonchev–Trinajstić information content (AvgIpc) is 2.66. The summed E-state index contributed by atoms with van der Waals surface area (Å²) in [6.07, 6.45) is 3.63. The maximum Gasteiger partial charge on any atom is 0.223 e. The minimum atomic E-state index is -0.0426. The molecule has 130 valence electrons. The first-order valence-corrected chi connectivity index (χ1v) is 8.73. The van der Waals surface area contributed by atoms with Gasteiger partial charge >= 0.3 is 0 Å². The number of halogens is 1. The monoisotopic (exact) mass is 357 g/mol. The van der Waals surface area contributed by atoms with E-state index >= 15 is 0 Å². The Hall–Kier alpha value is -2.40. The minimum absolute atomic E-state index is 0.0305. The van der Waals surface area contributed by atoms with Gasteiger partial charge in [0.2, 0.25) is 5.91 Å². The van der Waals surface area contributed by atoms with E-state index in [0.29, 0.717) is 23.7 Å². The first-order chi connectivity index (χ1) is 12.1. The zero-order valence-corrected chi connectivity index (χ0v) is 14.7. The van der Waals surface area contributed by atoms with Crippen LogP contribution in [-0.4, -0.2) is 47.8 Å². The number of piperazine rings is 1. The number of anilines is 1. The van der Waals surface area contributed by atoms with Gasteiger partial charge < -0.3 is 9.80 Å². The van der Waals surface area contributed by atoms with Crippen LogP contribution in [0.2, 0.25) is 5.02 Å². The molecule has 2 aromatic rings. The number of amides is 1. The van der Waals surface area contributed by atoms with E-state index in [9.17, 15) is 9.59 Å². The molecule has 0 radical (unpaired) electrons. The van der Waals surface area contributed by atoms with Gasteiger partial charge in [-0.1, -0.05) is 17.7 Å². The Balaban J connectivity index is 1.48. The van der Waals surface area contributed by atoms with E-state index in [-0.39, 0.29) is 24.5 Å². The van der Waals surface area contributed by atoms with Gasteiger partial charge in [-0.15, -0.1) is 0 Å². The molecule has 0 atom stereocenters. The lowest BCUT2D eigenvalue weighted by Crippen LogP contribution is -2.48. The van der Waals surface area contributed by atoms with E-state index in [1.807, 2.05) is 29.2 Å². The predicted octanol–water partition coefficient (Wildman–Crippen LogP) is 3.05. The molecule has 0 bridgehead atoms. The number of rotatable bonds is 5. The SMILES string of the molecule is O=C(CCC(=O)N1CCN(c2cccc(Cl)c2)CC1)c1cccnc1. The van der Waals surface area contributed by atoms with E-state index in [1.165, 1.54) is 6.20 Å². The number of pyridine rings is 1. The molecule has 5 nitrogen and oxygen atoms in total. The van der Waals surface area contributed by atoms with Crippen molar-refractivity contribution >= 4 is 29.0 Å². The molecular weight excluding hydrogens is 338 g/mol. The summed E-state index contributed by atoms with van der Waals surface area (Å²) in [5, 5.41) is 0.713. The lowest BCUT2D eigenvalue weighted by atomic mass is 10.1. The molecule has 25 heavy (non-hydrogen) atoms. The van der Waals surface area contributed by atoms with E-state index in [1.54, 1.807) is 18.3 Å². The zero-order chi connectivity index (χ0) is 17.6. The summed E-state index contributed by atoms with van der Waals surface area (Å²) in [7, 11) is 0. The predicted molar refractivity (Wildman–Crippen MR) is 98.0 cm³/mol. The van der Waals surface area contributed by atoms with Gasteiger partial charge in [0.1, 0.15) is 0 Å². The number of nitrogens with zero attached hydrogens (tertiary/aromatic N) is 3. The van der Waals surface area contributed by atoms with Gasteiger partial charge in [-0.25, -0.2) is 0 Å². The highest BCUT2D eigenvalue weighted by Gasteiger charge is 2.22. The molecule has 1 aromatic heterocycles. The fourth-order valence-corrected chi connectivity index (χ4v) is 3.12. The Morgan fingerprint density at radius 3 is 2.52 bits per heavy atom. The molecule has 1 aliphatic heterocycles. The number of benzene rings is 1. The van der Waals surface area contributed by atoms with E-state index in [2.05, 4.69) is 9.88 Å². The second kappa shape index (κ2) is 8.12. The van der Waals surface area contributed by atoms with E-state index in [4.69, 9.17) is 11.6 Å². The number of carbonyl (C=O) groups is 2. The number of hydrogen-bond acceptors (Lipinski definition) is 4. The van der Waals surface area contributed by atoms with Crippen molar-refractivity contribution < 1.29 is 9.59 Å². The van der Waals surface area contributed by atoms with Crippen LogP contribution in [-0.2, 0) is 4.79 Å². The van der Waals surface area contributed by atoms with Crippen molar-refractivity contribution in [2.24, 2.45) is 0 Å². The van der Waals surface area contributed by atoms with Crippen molar-refractivity contribution in [3.8, 4) is 0 Å². The largest absolute Gasteiger partial charge is 0.368 e. The molecule has 3 rings (SSSR count). The maximum absolute atomic E-state index is 12.3. The average molecular weight is 358 g/mol. The molecule has 0 N–H and O–H groups in total. The van der Waals surface area contributed by atoms with Gasteiger partial charge in [-0.05, 0) is 30.3 Å². The topological polar surface area (TPSA) is 53.5 Å². The van der Waals surface area contributed by atoms with Gasteiger partial charge in [-0.2, -0.15) is 0 Å². The molecule has 2 heterocycles. The van der Waals surface area contributed by atoms with Crippen LogP contribution in [0, 0.1) is 0 Å². The lowest BCUT2D eigenvalue weighted by Gasteiger charge is -2.36. The van der Waals surface area contributed by atoms with Gasteiger partial charge in [0.15, 0.2) is 5.78 Å². The molecule has 1 aliphatic rings. The van der Waals surface area contributed by atoms with Crippen LogP contribution in [0.4, 0.5) is 5.69 Å². The Labute approximate surface area is 152 Å². The van der Waals surface area contributed by atoms with Crippen molar-refractivity contribution in [3.05, 3.63) is 59.4 Å². The second-order valence-corrected chi connectivity index (χ2v) is 6.45. The van der Waals surface area contributed by atoms with Gasteiger partial charge in [0.05, 0.1) is 0 Å². The maximum atomic E-state index is 12.3. The fraction of sp³-hybridized carbons (Fsp3) is 0.316. The summed E-state index contributed by atoms with van der Waals surface area (Å²) in [5.41, 5.74) is 1.63. The van der Waals surface area contributed by atoms with Gasteiger partial charge in [-0.3, -0.25) is 14.6 Å². The number of carbonyl (C=O) groups excluding carboxylic acids is 2. The molecule has 1 fully saturated rings. The third-order valence-corrected chi connectivity index (χ3v) is 4.59. The fourth-order valence-electron chi connectivity index (χ4n) is 2.94. The highest BCUT2D eigenvalue weighted by Crippen LogP contribution is 2.21. The van der Waals surface area contributed by atoms with E-state index < -0.39 is 0 Å². The van der Waals surface area contributed by atoms with Gasteiger partial charge in [0.25, 0.3) is 0 Å². The summed E-state index contributed by atoms with van der Waals surface area (Å²) < 4.78 is 0. The molecule has 6 heteroatoms. The molecule has 1 aromatic carbocycles. The van der Waals surface area contributed by atoms with Crippen LogP contribution >= 0.6 is 11.6 Å². The van der Waals surface area contributed by atoms with Crippen molar-refractivity contribution in [1.82, 2.24) is 9.88 Å². The summed E-state index contributed by atoms with van der Waals surface area (Å²) in [4.78, 5) is 32.4. The summed E-state index contributed by atoms with van der Waals surface area (Å²) in [6.45, 7) is 2.85. The first-order valence-electron chi connectivity index (χ1n) is 8.35. The van der Waals surface area contributed by atoms with E-state index in [0.717, 1.165) is 18.8 Å². The molecule has 1 saturated heterocycles. The van der Waals surface area contributed by atoms with Crippen LogP contribution < -0.4 is 4.90 Å². The second-order valence-electron chi connectivity index (χ2n) is 6.01. The molecule has 0 aliphatic carbocycles. The molecular formula is C19H20ClN3O2. The standard InChI is InChI=1S/C19H20ClN3O2/c20-16-4-1-5-17(13-16)22-9-11-23(12-10-22)19(25)7-6-18(24)15-3-2-8-21-14-15/h1-5,8,13-14H,6-7,9-12H2. The summed E-state index contributed by atoms with van der Waals surface area (Å²) in [5.74, 6) is -0.0120. The van der Waals surface area contributed by atoms with Crippen molar-refractivity contribution in [2.75, 3.05) is 31.1 Å². The molecule has 1 amide bonds. The van der Waals surface area contributed by atoms with Crippen LogP contribution in [0.3, 0.4) is 0 Å². The van der Waals surface area contributed by atoms with Crippen LogP contribution in [0.1, 0.15) is 23.2 Å². The van der Waals surface area contributed by atoms with Crippen molar-refractivity contribution in [1.29, 1.82) is 0 Å². The van der Waals surface area contributed by atoms with Crippen LogP contribution in [0.5, 0.6) is 0 Å². The van der Waals surface area contributed by atoms with Gasteiger partial charge in [0, 0.05) is 67.7 Å². The summed E-state index contributed by atoms with van der Waals surface area (Å²) >= 11 is 6.04. The Bertz CT molecular complexity index is 743. The molecule has 0 spiro atoms. The lowest BCUT2D eigenvalue weighted by molar-refractivity contribution is -0.131. The van der Waals surface area contributed by atoms with Crippen molar-refractivity contribution in [2.45, 2.75) is 12.8 Å². The Morgan fingerprint density at radius 1 is 1.04 bits per heavy atom. The normalized spacial score (nSPS) is 14.4. The molecule has 0 unspecified atom stereocenters. The Morgan fingerprint density at radius 2 is 1.84 bits per heavy atom. The Kier molecular flexibility index (Phi) is 5.66. The van der Waals surface area contributed by atoms with Crippen LogP contribution in [0.25, 0.3) is 0 Å². The van der Waals surface area contributed by atoms with Crippen LogP contribution in [0.15, 0.2) is 48.8 Å². The highest BCUT2D eigenvalue weighted by molar-refractivity contribution is 6.30. The number of ketones is 1. The number of aromatic nitrogens is 1. The molecule has 0 saturated carbocycles.